The summed E-state index contributed by atoms with van der Waals surface area (Å²) in [6.07, 6.45) is -0.0570. The lowest BCUT2D eigenvalue weighted by molar-refractivity contribution is -0.305. The molecular formula is C21H24ClNO7P-. The number of carbonyl (C=O) groups is 1. The van der Waals surface area contributed by atoms with Crippen LogP contribution in [0.25, 0.3) is 0 Å². The maximum Gasteiger partial charge on any atom is 0.307 e. The predicted octanol–water partition coefficient (Wildman–Crippen LogP) is 2.40. The van der Waals surface area contributed by atoms with Gasteiger partial charge in [0.1, 0.15) is 11.5 Å². The number of carbonyl (C=O) groups excluding carboxylic acids is 1. The summed E-state index contributed by atoms with van der Waals surface area (Å²) >= 11 is 6.03. The van der Waals surface area contributed by atoms with Crippen LogP contribution in [0.5, 0.6) is 11.5 Å². The van der Waals surface area contributed by atoms with E-state index in [2.05, 4.69) is 0 Å². The zero-order chi connectivity index (χ0) is 22.6. The Morgan fingerprint density at radius 1 is 1.19 bits per heavy atom. The first kappa shape index (κ1) is 23.6. The van der Waals surface area contributed by atoms with Crippen LogP contribution in [0.3, 0.4) is 0 Å². The van der Waals surface area contributed by atoms with Crippen LogP contribution in [0, 0.1) is 0 Å². The number of ether oxygens (including phenoxy) is 3. The molecule has 168 valence electrons. The van der Waals surface area contributed by atoms with E-state index in [9.17, 15) is 14.5 Å². The quantitative estimate of drug-likeness (QED) is 0.571. The van der Waals surface area contributed by atoms with Crippen molar-refractivity contribution in [2.45, 2.75) is 18.6 Å². The first-order chi connectivity index (χ1) is 14.8. The van der Waals surface area contributed by atoms with Crippen LogP contribution in [0.2, 0.25) is 5.02 Å². The maximum atomic E-state index is 14.4. The molecular weight excluding hydrogens is 445 g/mol. The molecule has 1 heterocycles. The lowest BCUT2D eigenvalue weighted by atomic mass is 10.0. The third-order valence-electron chi connectivity index (χ3n) is 5.19. The minimum Gasteiger partial charge on any atom is -0.549 e. The second-order valence-corrected chi connectivity index (χ2v) is 9.72. The average Bonchev–Trinajstić information content (AvgIpc) is 2.91. The minimum atomic E-state index is -3.92. The highest BCUT2D eigenvalue weighted by atomic mass is 35.5. The zero-order valence-electron chi connectivity index (χ0n) is 17.4. The molecule has 1 aliphatic rings. The number of hydrogen-bond donors (Lipinski definition) is 0. The molecule has 8 nitrogen and oxygen atoms in total. The molecule has 0 saturated carbocycles. The molecule has 1 fully saturated rings. The summed E-state index contributed by atoms with van der Waals surface area (Å²) in [5, 5.41) is 12.5. The van der Waals surface area contributed by atoms with Gasteiger partial charge in [0.05, 0.1) is 38.2 Å². The standard InChI is InChI=1S/C21H25ClNO7P/c1-27-16-8-9-20(19(11-16)29-3)31(26)23(12-21(24)25)18(10-17(28-2)13-30-31)14-4-6-15(22)7-5-14/h4-9,11,17-18H,10,12-13H2,1-3H3,(H,24,25)/p-1. The second-order valence-electron chi connectivity index (χ2n) is 6.98. The number of halogens is 1. The molecule has 10 heteroatoms. The Bertz CT molecular complexity index is 969. The maximum absolute atomic E-state index is 14.4. The fraction of sp³-hybridized carbons (Fsp3) is 0.381. The van der Waals surface area contributed by atoms with Gasteiger partial charge in [0.25, 0.3) is 0 Å². The molecule has 0 spiro atoms. The van der Waals surface area contributed by atoms with E-state index in [-0.39, 0.29) is 17.7 Å². The molecule has 1 saturated heterocycles. The first-order valence-corrected chi connectivity index (χ1v) is 11.5. The number of carboxylic acids is 1. The highest BCUT2D eigenvalue weighted by molar-refractivity contribution is 7.65. The third-order valence-corrected chi connectivity index (χ3v) is 8.02. The van der Waals surface area contributed by atoms with Gasteiger partial charge in [-0.15, -0.1) is 0 Å². The van der Waals surface area contributed by atoms with Crippen molar-refractivity contribution < 1.29 is 33.2 Å². The number of aliphatic carboxylic acids is 1. The molecule has 3 rings (SSSR count). The van der Waals surface area contributed by atoms with E-state index in [0.29, 0.717) is 17.2 Å². The number of rotatable bonds is 7. The van der Waals surface area contributed by atoms with E-state index >= 15 is 0 Å². The minimum absolute atomic E-state index is 0.0105. The summed E-state index contributed by atoms with van der Waals surface area (Å²) in [6, 6.07) is 11.1. The Morgan fingerprint density at radius 2 is 1.90 bits per heavy atom. The Balaban J connectivity index is 2.19. The summed E-state index contributed by atoms with van der Waals surface area (Å²) in [4.78, 5) is 11.7. The van der Waals surface area contributed by atoms with Gasteiger partial charge in [0.15, 0.2) is 0 Å². The summed E-state index contributed by atoms with van der Waals surface area (Å²) in [7, 11) is 0.537. The molecule has 3 unspecified atom stereocenters. The summed E-state index contributed by atoms with van der Waals surface area (Å²) in [5.41, 5.74) is 0.728. The van der Waals surface area contributed by atoms with Crippen molar-refractivity contribution in [1.82, 2.24) is 4.67 Å². The second kappa shape index (κ2) is 10.0. The Kier molecular flexibility index (Phi) is 7.62. The first-order valence-electron chi connectivity index (χ1n) is 9.54. The fourth-order valence-electron chi connectivity index (χ4n) is 3.60. The van der Waals surface area contributed by atoms with Crippen molar-refractivity contribution in [3.63, 3.8) is 0 Å². The van der Waals surface area contributed by atoms with Crippen LogP contribution in [0.15, 0.2) is 42.5 Å². The lowest BCUT2D eigenvalue weighted by Crippen LogP contribution is -2.40. The SMILES string of the molecule is COc1ccc(P2(=O)OCC(OC)CC(c3ccc(Cl)cc3)N2CC(=O)[O-])c(OC)c1. The molecule has 0 bridgehead atoms. The monoisotopic (exact) mass is 468 g/mol. The molecule has 1 aliphatic heterocycles. The molecule has 2 aromatic rings. The Labute approximate surface area is 186 Å². The van der Waals surface area contributed by atoms with E-state index in [1.54, 1.807) is 42.5 Å². The van der Waals surface area contributed by atoms with Gasteiger partial charge < -0.3 is 28.6 Å². The van der Waals surface area contributed by atoms with Crippen LogP contribution in [-0.2, 0) is 18.6 Å². The molecule has 0 radical (unpaired) electrons. The molecule has 0 amide bonds. The molecule has 0 aromatic heterocycles. The Hall–Kier alpha value is -2.09. The molecule has 0 aliphatic carbocycles. The van der Waals surface area contributed by atoms with Crippen molar-refractivity contribution in [3.8, 4) is 11.5 Å². The topological polar surface area (TPSA) is 97.4 Å². The number of hydrogen-bond acceptors (Lipinski definition) is 7. The number of carboxylic acid groups (broad SMARTS) is 1. The van der Waals surface area contributed by atoms with E-state index in [0.717, 1.165) is 5.56 Å². The lowest BCUT2D eigenvalue weighted by Gasteiger charge is -2.36. The highest BCUT2D eigenvalue weighted by Crippen LogP contribution is 2.58. The van der Waals surface area contributed by atoms with Crippen molar-refractivity contribution in [3.05, 3.63) is 53.1 Å². The summed E-state index contributed by atoms with van der Waals surface area (Å²) in [5.74, 6) is -0.625. The van der Waals surface area contributed by atoms with Gasteiger partial charge in [-0.25, -0.2) is 4.67 Å². The van der Waals surface area contributed by atoms with Crippen LogP contribution < -0.4 is 19.9 Å². The van der Waals surface area contributed by atoms with E-state index < -0.39 is 32.2 Å². The largest absolute Gasteiger partial charge is 0.549 e. The number of methoxy groups -OCH3 is 3. The predicted molar refractivity (Wildman–Crippen MR) is 114 cm³/mol. The number of benzene rings is 2. The zero-order valence-corrected chi connectivity index (χ0v) is 19.1. The van der Waals surface area contributed by atoms with Crippen molar-refractivity contribution >= 4 is 30.4 Å². The third kappa shape index (κ3) is 5.05. The molecule has 2 aromatic carbocycles. The summed E-state index contributed by atoms with van der Waals surface area (Å²) in [6.45, 7) is -0.604. The van der Waals surface area contributed by atoms with Crippen molar-refractivity contribution in [2.75, 3.05) is 34.5 Å². The van der Waals surface area contributed by atoms with Crippen LogP contribution >= 0.6 is 19.1 Å². The van der Waals surface area contributed by atoms with Crippen molar-refractivity contribution in [1.29, 1.82) is 0 Å². The van der Waals surface area contributed by atoms with Gasteiger partial charge in [0.2, 0.25) is 0 Å². The van der Waals surface area contributed by atoms with E-state index in [1.807, 2.05) is 0 Å². The molecule has 31 heavy (non-hydrogen) atoms. The van der Waals surface area contributed by atoms with Gasteiger partial charge in [-0.3, -0.25) is 4.57 Å². The van der Waals surface area contributed by atoms with Gasteiger partial charge >= 0.3 is 7.52 Å². The Morgan fingerprint density at radius 3 is 2.48 bits per heavy atom. The van der Waals surface area contributed by atoms with Crippen LogP contribution in [0.1, 0.15) is 18.0 Å². The number of nitrogens with zero attached hydrogens (tertiary/aromatic N) is 1. The van der Waals surface area contributed by atoms with Crippen LogP contribution in [-0.4, -0.2) is 51.2 Å². The van der Waals surface area contributed by atoms with E-state index in [1.165, 1.54) is 26.0 Å². The normalized spacial score (nSPS) is 24.4. The smallest absolute Gasteiger partial charge is 0.307 e. The van der Waals surface area contributed by atoms with E-state index in [4.69, 9.17) is 30.3 Å². The average molecular weight is 469 g/mol. The van der Waals surface area contributed by atoms with Gasteiger partial charge in [-0.2, -0.15) is 0 Å². The van der Waals surface area contributed by atoms with Gasteiger partial charge in [-0.1, -0.05) is 23.7 Å². The summed E-state index contributed by atoms with van der Waals surface area (Å²) < 4.78 is 37.8. The van der Waals surface area contributed by atoms with Gasteiger partial charge in [0, 0.05) is 30.8 Å². The molecule has 0 N–H and O–H groups in total. The van der Waals surface area contributed by atoms with Crippen LogP contribution in [0.4, 0.5) is 0 Å². The van der Waals surface area contributed by atoms with Crippen molar-refractivity contribution in [2.24, 2.45) is 0 Å². The van der Waals surface area contributed by atoms with Gasteiger partial charge in [-0.05, 0) is 36.2 Å². The molecule has 3 atom stereocenters. The highest BCUT2D eigenvalue weighted by Gasteiger charge is 2.45. The fourth-order valence-corrected chi connectivity index (χ4v) is 6.25.